The van der Waals surface area contributed by atoms with E-state index in [4.69, 9.17) is 4.74 Å². The molecule has 3 aromatic rings. The molecular weight excluding hydrogens is 465 g/mol. The van der Waals surface area contributed by atoms with Gasteiger partial charge >= 0.3 is 0 Å². The second-order valence-electron chi connectivity index (χ2n) is 8.56. The van der Waals surface area contributed by atoms with E-state index in [0.717, 1.165) is 4.90 Å². The summed E-state index contributed by atoms with van der Waals surface area (Å²) in [5.41, 5.74) is 1.80. The molecule has 1 N–H and O–H groups in total. The number of rotatable bonds is 6. The van der Waals surface area contributed by atoms with Gasteiger partial charge in [0, 0.05) is 24.2 Å². The molecule has 3 aromatic carbocycles. The van der Waals surface area contributed by atoms with Crippen molar-refractivity contribution in [1.82, 2.24) is 4.90 Å². The van der Waals surface area contributed by atoms with Gasteiger partial charge in [-0.05, 0) is 43.3 Å². The molecule has 4 amide bonds. The summed E-state index contributed by atoms with van der Waals surface area (Å²) in [4.78, 5) is 53.0. The summed E-state index contributed by atoms with van der Waals surface area (Å²) in [5.74, 6) is -1.59. The fourth-order valence-electron chi connectivity index (χ4n) is 4.32. The largest absolute Gasteiger partial charge is 0.479 e. The van der Waals surface area contributed by atoms with Crippen LogP contribution < -0.4 is 15.0 Å². The van der Waals surface area contributed by atoms with Crippen molar-refractivity contribution < 1.29 is 28.3 Å². The number of benzene rings is 3. The van der Waals surface area contributed by atoms with E-state index in [0.29, 0.717) is 33.8 Å². The van der Waals surface area contributed by atoms with Crippen LogP contribution in [-0.2, 0) is 16.1 Å². The maximum Gasteiger partial charge on any atom is 0.268 e. The van der Waals surface area contributed by atoms with E-state index in [1.54, 1.807) is 67.6 Å². The zero-order chi connectivity index (χ0) is 25.4. The van der Waals surface area contributed by atoms with Crippen LogP contribution in [0.3, 0.4) is 0 Å². The van der Waals surface area contributed by atoms with Crippen LogP contribution in [-0.4, -0.2) is 41.2 Å². The molecule has 1 atom stereocenters. The van der Waals surface area contributed by atoms with Crippen LogP contribution in [0, 0.1) is 5.82 Å². The molecule has 0 spiro atoms. The third-order valence-corrected chi connectivity index (χ3v) is 6.18. The Balaban J connectivity index is 1.30. The first kappa shape index (κ1) is 23.2. The standard InChI is InChI=1S/C27H22FN3O5/c1-16-25(33)31(15-17-6-2-5-9-21(17)28)22-14-18(10-11-23(22)36-16)29-24(32)12-13-30-26(34)19-7-3-4-8-20(19)27(30)35/h2-11,14,16H,12-13,15H2,1H3,(H,29,32). The fraction of sp³-hybridized carbons (Fsp3) is 0.185. The molecule has 9 heteroatoms. The van der Waals surface area contributed by atoms with Crippen LogP contribution in [0.2, 0.25) is 0 Å². The van der Waals surface area contributed by atoms with Gasteiger partial charge in [0.2, 0.25) is 5.91 Å². The molecule has 2 aliphatic rings. The number of nitrogens with zero attached hydrogens (tertiary/aromatic N) is 2. The number of fused-ring (bicyclic) bond motifs is 2. The fourth-order valence-corrected chi connectivity index (χ4v) is 4.32. The summed E-state index contributed by atoms with van der Waals surface area (Å²) in [7, 11) is 0. The number of carbonyl (C=O) groups excluding carboxylic acids is 4. The Morgan fingerprint density at radius 3 is 2.31 bits per heavy atom. The van der Waals surface area contributed by atoms with Crippen molar-refractivity contribution >= 4 is 35.0 Å². The Morgan fingerprint density at radius 1 is 0.944 bits per heavy atom. The Kier molecular flexibility index (Phi) is 5.97. The average Bonchev–Trinajstić information content (AvgIpc) is 3.11. The van der Waals surface area contributed by atoms with Crippen LogP contribution in [0.1, 0.15) is 39.6 Å². The minimum absolute atomic E-state index is 0.00332. The first-order valence-corrected chi connectivity index (χ1v) is 11.4. The Hall–Kier alpha value is -4.53. The highest BCUT2D eigenvalue weighted by Gasteiger charge is 2.35. The zero-order valence-electron chi connectivity index (χ0n) is 19.4. The Morgan fingerprint density at radius 2 is 1.61 bits per heavy atom. The van der Waals surface area contributed by atoms with Gasteiger partial charge in [-0.1, -0.05) is 30.3 Å². The predicted molar refractivity (Wildman–Crippen MR) is 129 cm³/mol. The highest BCUT2D eigenvalue weighted by Crippen LogP contribution is 2.37. The summed E-state index contributed by atoms with van der Waals surface area (Å²) >= 11 is 0. The number of hydrogen-bond acceptors (Lipinski definition) is 5. The average molecular weight is 487 g/mol. The van der Waals surface area contributed by atoms with Crippen LogP contribution in [0.4, 0.5) is 15.8 Å². The number of halogens is 1. The molecule has 0 aliphatic carbocycles. The first-order valence-electron chi connectivity index (χ1n) is 11.4. The topological polar surface area (TPSA) is 96.0 Å². The summed E-state index contributed by atoms with van der Waals surface area (Å²) in [6.07, 6.45) is -0.849. The summed E-state index contributed by atoms with van der Waals surface area (Å²) in [5, 5.41) is 2.73. The molecule has 182 valence electrons. The second kappa shape index (κ2) is 9.26. The van der Waals surface area contributed by atoms with Crippen molar-refractivity contribution in [3.8, 4) is 5.75 Å². The van der Waals surface area contributed by atoms with E-state index in [9.17, 15) is 23.6 Å². The van der Waals surface area contributed by atoms with E-state index in [1.807, 2.05) is 0 Å². The second-order valence-corrected chi connectivity index (χ2v) is 8.56. The first-order chi connectivity index (χ1) is 17.3. The van der Waals surface area contributed by atoms with Crippen molar-refractivity contribution in [2.45, 2.75) is 26.0 Å². The number of amides is 4. The van der Waals surface area contributed by atoms with E-state index < -0.39 is 29.6 Å². The molecule has 2 heterocycles. The van der Waals surface area contributed by atoms with Crippen molar-refractivity contribution in [1.29, 1.82) is 0 Å². The lowest BCUT2D eigenvalue weighted by Crippen LogP contribution is -2.44. The maximum atomic E-state index is 14.3. The molecule has 5 rings (SSSR count). The summed E-state index contributed by atoms with van der Waals surface area (Å²) in [6, 6.07) is 17.6. The number of anilines is 2. The summed E-state index contributed by atoms with van der Waals surface area (Å²) in [6.45, 7) is 1.56. The van der Waals surface area contributed by atoms with E-state index >= 15 is 0 Å². The third kappa shape index (κ3) is 4.19. The minimum atomic E-state index is -0.746. The van der Waals surface area contributed by atoms with Gasteiger partial charge in [-0.2, -0.15) is 0 Å². The SMILES string of the molecule is CC1Oc2ccc(NC(=O)CCN3C(=O)c4ccccc4C3=O)cc2N(Cc2ccccc2F)C1=O. The molecule has 1 unspecified atom stereocenters. The van der Waals surface area contributed by atoms with Crippen LogP contribution in [0.25, 0.3) is 0 Å². The van der Waals surface area contributed by atoms with E-state index in [2.05, 4.69) is 5.32 Å². The molecule has 0 radical (unpaired) electrons. The number of hydrogen-bond donors (Lipinski definition) is 1. The maximum absolute atomic E-state index is 14.3. The smallest absolute Gasteiger partial charge is 0.268 e. The van der Waals surface area contributed by atoms with Crippen molar-refractivity contribution in [2.24, 2.45) is 0 Å². The number of nitrogens with one attached hydrogen (secondary N) is 1. The van der Waals surface area contributed by atoms with Crippen LogP contribution in [0.15, 0.2) is 66.7 Å². The molecular formula is C27H22FN3O5. The minimum Gasteiger partial charge on any atom is -0.479 e. The molecule has 0 bridgehead atoms. The number of ether oxygens (including phenoxy) is 1. The molecule has 0 fully saturated rings. The third-order valence-electron chi connectivity index (χ3n) is 6.18. The Labute approximate surface area is 206 Å². The van der Waals surface area contributed by atoms with Gasteiger partial charge in [-0.15, -0.1) is 0 Å². The van der Waals surface area contributed by atoms with E-state index in [-0.39, 0.29) is 25.4 Å². The molecule has 0 saturated carbocycles. The predicted octanol–water partition coefficient (Wildman–Crippen LogP) is 3.76. The van der Waals surface area contributed by atoms with E-state index in [1.165, 1.54) is 11.0 Å². The van der Waals surface area contributed by atoms with Crippen molar-refractivity contribution in [3.63, 3.8) is 0 Å². The highest BCUT2D eigenvalue weighted by molar-refractivity contribution is 6.21. The van der Waals surface area contributed by atoms with Gasteiger partial charge in [-0.25, -0.2) is 4.39 Å². The summed E-state index contributed by atoms with van der Waals surface area (Å²) < 4.78 is 20.0. The molecule has 8 nitrogen and oxygen atoms in total. The highest BCUT2D eigenvalue weighted by atomic mass is 19.1. The van der Waals surface area contributed by atoms with Crippen LogP contribution >= 0.6 is 0 Å². The number of imide groups is 1. The van der Waals surface area contributed by atoms with Gasteiger partial charge in [0.05, 0.1) is 23.4 Å². The zero-order valence-corrected chi connectivity index (χ0v) is 19.4. The van der Waals surface area contributed by atoms with Gasteiger partial charge in [-0.3, -0.25) is 24.1 Å². The lowest BCUT2D eigenvalue weighted by Gasteiger charge is -2.33. The molecule has 2 aliphatic heterocycles. The molecule has 36 heavy (non-hydrogen) atoms. The van der Waals surface area contributed by atoms with Crippen LogP contribution in [0.5, 0.6) is 5.75 Å². The lowest BCUT2D eigenvalue weighted by atomic mass is 10.1. The molecule has 0 aromatic heterocycles. The van der Waals surface area contributed by atoms with Crippen molar-refractivity contribution in [3.05, 3.63) is 89.2 Å². The molecule has 0 saturated heterocycles. The number of carbonyl (C=O) groups is 4. The quantitative estimate of drug-likeness (QED) is 0.534. The van der Waals surface area contributed by atoms with Gasteiger partial charge in [0.1, 0.15) is 11.6 Å². The monoisotopic (exact) mass is 487 g/mol. The van der Waals surface area contributed by atoms with Gasteiger partial charge < -0.3 is 15.0 Å². The van der Waals surface area contributed by atoms with Gasteiger partial charge in [0.25, 0.3) is 17.7 Å². The van der Waals surface area contributed by atoms with Crippen molar-refractivity contribution in [2.75, 3.05) is 16.8 Å². The normalized spacial score (nSPS) is 16.5. The lowest BCUT2D eigenvalue weighted by molar-refractivity contribution is -0.125. The van der Waals surface area contributed by atoms with Gasteiger partial charge in [0.15, 0.2) is 6.10 Å². The Bertz CT molecular complexity index is 1370.